The molecule has 17 nitrogen and oxygen atoms in total. The van der Waals surface area contributed by atoms with Gasteiger partial charge in [0, 0.05) is 25.1 Å². The highest BCUT2D eigenvalue weighted by atomic mass is 35.5. The van der Waals surface area contributed by atoms with E-state index in [1.54, 1.807) is 43.0 Å². The number of para-hydroxylation sites is 1. The van der Waals surface area contributed by atoms with Gasteiger partial charge in [-0.25, -0.2) is 13.4 Å². The number of likely N-dealkylation sites (tertiary alicyclic amines) is 2. The Labute approximate surface area is 413 Å². The maximum absolute atomic E-state index is 13.3. The first-order valence-electron chi connectivity index (χ1n) is 24.2. The second-order valence-corrected chi connectivity index (χ2v) is 22.5. The molecule has 4 amide bonds. The molecular weight excluding hydrogens is 936 g/mol. The van der Waals surface area contributed by atoms with Crippen molar-refractivity contribution < 1.29 is 41.8 Å². The number of hydrogen-bond acceptors (Lipinski definition) is 14. The fraction of sp³-hybridized carbons (Fsp3) is 0.490. The van der Waals surface area contributed by atoms with E-state index in [4.69, 9.17) is 25.8 Å². The molecule has 70 heavy (non-hydrogen) atoms. The van der Waals surface area contributed by atoms with Crippen LogP contribution in [0.2, 0.25) is 5.02 Å². The van der Waals surface area contributed by atoms with Crippen LogP contribution in [0.5, 0.6) is 11.5 Å². The molecule has 3 saturated heterocycles. The monoisotopic (exact) mass is 996 g/mol. The number of halogens is 1. The van der Waals surface area contributed by atoms with Gasteiger partial charge < -0.3 is 39.5 Å². The van der Waals surface area contributed by atoms with Crippen molar-refractivity contribution in [1.82, 2.24) is 30.0 Å². The smallest absolute Gasteiger partial charge is 0.255 e. The van der Waals surface area contributed by atoms with Gasteiger partial charge in [0.1, 0.15) is 28.2 Å². The third kappa shape index (κ3) is 10.3. The van der Waals surface area contributed by atoms with Crippen LogP contribution >= 0.6 is 11.6 Å². The highest BCUT2D eigenvalue weighted by molar-refractivity contribution is 7.92. The number of piperidine rings is 2. The van der Waals surface area contributed by atoms with Gasteiger partial charge in [-0.2, -0.15) is 4.98 Å². The van der Waals surface area contributed by atoms with Gasteiger partial charge in [-0.15, -0.1) is 0 Å². The molecule has 1 unspecified atom stereocenters. The molecule has 3 N–H and O–H groups in total. The number of aromatic nitrogens is 2. The number of anilines is 4. The average Bonchev–Trinajstić information content (AvgIpc) is 3.62. The number of ether oxygens (including phenoxy) is 3. The lowest BCUT2D eigenvalue weighted by Crippen LogP contribution is -2.67. The molecule has 6 heterocycles. The molecule has 1 aromatic heterocycles. The summed E-state index contributed by atoms with van der Waals surface area (Å²) in [6, 6.07) is 14.0. The fourth-order valence-corrected chi connectivity index (χ4v) is 11.5. The Morgan fingerprint density at radius 1 is 0.971 bits per heavy atom. The predicted octanol–water partition coefficient (Wildman–Crippen LogP) is 6.85. The van der Waals surface area contributed by atoms with Gasteiger partial charge >= 0.3 is 0 Å². The van der Waals surface area contributed by atoms with E-state index >= 15 is 0 Å². The lowest BCUT2D eigenvalue weighted by atomic mass is 9.83. The lowest BCUT2D eigenvalue weighted by molar-refractivity contribution is -0.154. The molecule has 372 valence electrons. The Hall–Kier alpha value is -5.82. The van der Waals surface area contributed by atoms with Crippen molar-refractivity contribution in [3.8, 4) is 11.5 Å². The van der Waals surface area contributed by atoms with Crippen molar-refractivity contribution in [2.45, 2.75) is 120 Å². The van der Waals surface area contributed by atoms with Crippen LogP contribution in [0, 0.1) is 6.92 Å². The quantitative estimate of drug-likeness (QED) is 0.0777. The van der Waals surface area contributed by atoms with Gasteiger partial charge in [-0.05, 0) is 144 Å². The summed E-state index contributed by atoms with van der Waals surface area (Å²) in [5, 5.41) is 8.41. The van der Waals surface area contributed by atoms with Gasteiger partial charge in [0.15, 0.2) is 15.7 Å². The Morgan fingerprint density at radius 3 is 2.49 bits per heavy atom. The molecular formula is C51H61ClN8O9S. The van der Waals surface area contributed by atoms with Crippen molar-refractivity contribution in [2.24, 2.45) is 0 Å². The van der Waals surface area contributed by atoms with Crippen molar-refractivity contribution in [2.75, 3.05) is 56.6 Å². The first-order valence-corrected chi connectivity index (χ1v) is 26.2. The number of nitrogens with one attached hydrogen (secondary N) is 3. The number of nitrogens with zero attached hydrogens (tertiary/aromatic N) is 5. The minimum Gasteiger partial charge on any atom is -0.489 e. The maximum atomic E-state index is 13.3. The van der Waals surface area contributed by atoms with Crippen molar-refractivity contribution >= 4 is 68.2 Å². The largest absolute Gasteiger partial charge is 0.489 e. The minimum absolute atomic E-state index is 0.0401. The van der Waals surface area contributed by atoms with Crippen LogP contribution in [0.15, 0.2) is 59.6 Å². The number of carbonyl (C=O) groups is 4. The Balaban J connectivity index is 0.724. The molecule has 3 aromatic carbocycles. The average molecular weight is 998 g/mol. The zero-order valence-electron chi connectivity index (χ0n) is 40.3. The van der Waals surface area contributed by atoms with Gasteiger partial charge in [-0.1, -0.05) is 23.7 Å². The summed E-state index contributed by atoms with van der Waals surface area (Å²) in [7, 11) is -3.58. The van der Waals surface area contributed by atoms with Crippen LogP contribution in [0.25, 0.3) is 0 Å². The van der Waals surface area contributed by atoms with Gasteiger partial charge in [0.2, 0.25) is 23.7 Å². The number of amides is 4. The molecule has 5 aliphatic heterocycles. The highest BCUT2D eigenvalue weighted by Gasteiger charge is 2.49. The summed E-state index contributed by atoms with van der Waals surface area (Å²) in [4.78, 5) is 65.6. The molecule has 1 spiro atoms. The second-order valence-electron chi connectivity index (χ2n) is 19.6. The van der Waals surface area contributed by atoms with Crippen LogP contribution < -0.4 is 25.4 Å². The first kappa shape index (κ1) is 49.2. The summed E-state index contributed by atoms with van der Waals surface area (Å²) in [5.41, 5.74) is 5.29. The van der Waals surface area contributed by atoms with Crippen molar-refractivity contribution in [3.05, 3.63) is 87.6 Å². The molecule has 3 fully saturated rings. The maximum Gasteiger partial charge on any atom is 0.255 e. The van der Waals surface area contributed by atoms with Gasteiger partial charge in [0.05, 0.1) is 66.5 Å². The minimum atomic E-state index is -3.58. The Bertz CT molecular complexity index is 2810. The molecule has 5 aliphatic rings. The molecule has 0 radical (unpaired) electrons. The van der Waals surface area contributed by atoms with Crippen LogP contribution in [0.3, 0.4) is 0 Å². The molecule has 0 saturated carbocycles. The number of sulfone groups is 1. The van der Waals surface area contributed by atoms with Crippen molar-refractivity contribution in [3.63, 3.8) is 0 Å². The second kappa shape index (κ2) is 20.1. The highest BCUT2D eigenvalue weighted by Crippen LogP contribution is 2.43. The summed E-state index contributed by atoms with van der Waals surface area (Å²) >= 11 is 6.52. The third-order valence-corrected chi connectivity index (χ3v) is 16.5. The zero-order chi connectivity index (χ0) is 49.5. The third-order valence-electron chi connectivity index (χ3n) is 14.0. The molecule has 0 aliphatic carbocycles. The number of hydrogen-bond donors (Lipinski definition) is 3. The molecule has 4 aromatic rings. The van der Waals surface area contributed by atoms with E-state index in [9.17, 15) is 27.6 Å². The van der Waals surface area contributed by atoms with E-state index in [1.165, 1.54) is 11.8 Å². The van der Waals surface area contributed by atoms with Crippen molar-refractivity contribution in [1.29, 1.82) is 0 Å². The van der Waals surface area contributed by atoms with E-state index in [2.05, 4.69) is 49.9 Å². The summed E-state index contributed by atoms with van der Waals surface area (Å²) < 4.78 is 45.1. The van der Waals surface area contributed by atoms with Crippen LogP contribution in [-0.4, -0.2) is 126 Å². The number of fused-ring (bicyclic) bond motifs is 2. The number of rotatable bonds is 16. The fourth-order valence-electron chi connectivity index (χ4n) is 10.1. The van der Waals surface area contributed by atoms with E-state index in [-0.39, 0.29) is 58.5 Å². The lowest BCUT2D eigenvalue weighted by Gasteiger charge is -2.51. The van der Waals surface area contributed by atoms with E-state index in [0.29, 0.717) is 67.8 Å². The number of aryl methyl sites for hydroxylation is 2. The standard InChI is InChI=1S/C51H61ClN8O9S/c1-30(2)68-43-25-36(32(5)22-40(43)55-50-53-26-38(52)47(57-50)54-39-8-6-7-9-44(39)70(65,66)31(3)4)33-13-17-58(18-14-33)19-21-67-20-15-46(62)59-28-51(29-59)16-12-34-23-37-35(24-42(34)69-51)27-60(49(37)64)41-10-11-45(61)56-48(41)63/h6-9,22-26,30-31,33,41H,10-21,27-29H2,1-5H3,(H,56,61,63)(H2,53,54,55,57). The van der Waals surface area contributed by atoms with Gasteiger partial charge in [-0.3, -0.25) is 24.5 Å². The SMILES string of the molecule is Cc1cc(Nc2ncc(Cl)c(Nc3ccccc3S(=O)(=O)C(C)C)n2)c(OC(C)C)cc1C1CCN(CCOCCC(=O)N2CC3(CCc4cc5c(cc4O3)CN(C3CCC(=O)NC3=O)C5=O)C2)CC1. The predicted molar refractivity (Wildman–Crippen MR) is 264 cm³/mol. The van der Waals surface area contributed by atoms with E-state index in [1.807, 2.05) is 30.9 Å². The molecule has 0 bridgehead atoms. The number of carbonyl (C=O) groups excluding carboxylic acids is 4. The number of imide groups is 1. The zero-order valence-corrected chi connectivity index (χ0v) is 41.9. The van der Waals surface area contributed by atoms with Crippen LogP contribution in [0.1, 0.15) is 105 Å². The normalized spacial score (nSPS) is 19.2. The Morgan fingerprint density at radius 2 is 1.74 bits per heavy atom. The van der Waals surface area contributed by atoms with E-state index < -0.39 is 32.6 Å². The van der Waals surface area contributed by atoms with Crippen LogP contribution in [-0.2, 0) is 41.9 Å². The molecule has 9 rings (SSSR count). The molecule has 19 heteroatoms. The van der Waals surface area contributed by atoms with E-state index in [0.717, 1.165) is 67.8 Å². The molecule has 1 atom stereocenters. The summed E-state index contributed by atoms with van der Waals surface area (Å²) in [6.07, 6.45) is 5.61. The van der Waals surface area contributed by atoms with Crippen LogP contribution in [0.4, 0.5) is 23.1 Å². The summed E-state index contributed by atoms with van der Waals surface area (Å²) in [5.74, 6) is 1.36. The Kier molecular flexibility index (Phi) is 14.1. The number of benzene rings is 3. The summed E-state index contributed by atoms with van der Waals surface area (Å²) in [6.45, 7) is 14.1. The topological polar surface area (TPSA) is 202 Å². The first-order chi connectivity index (χ1) is 33.5. The van der Waals surface area contributed by atoms with Gasteiger partial charge in [0.25, 0.3) is 5.91 Å².